The number of benzene rings is 2. The molecule has 38 heavy (non-hydrogen) atoms. The molecule has 0 saturated heterocycles. The molecule has 1 aliphatic heterocycles. The van der Waals surface area contributed by atoms with E-state index < -0.39 is 0 Å². The Labute approximate surface area is 229 Å². The van der Waals surface area contributed by atoms with Crippen LogP contribution in [0.5, 0.6) is 17.2 Å². The summed E-state index contributed by atoms with van der Waals surface area (Å²) in [5, 5.41) is 19.9. The van der Waals surface area contributed by atoms with Gasteiger partial charge < -0.3 is 19.5 Å². The molecule has 1 spiro atoms. The second-order valence-corrected chi connectivity index (χ2v) is 11.6. The number of Topliss-reactive ketones (excluding diaryl/α,β-unsaturated/α-hetero) is 1. The molecule has 0 unspecified atom stereocenters. The van der Waals surface area contributed by atoms with E-state index in [2.05, 4.69) is 0 Å². The van der Waals surface area contributed by atoms with Gasteiger partial charge in [0.05, 0.1) is 26.3 Å². The molecule has 0 aromatic heterocycles. The molecule has 2 aromatic rings. The fourth-order valence-electron chi connectivity index (χ4n) is 5.03. The fourth-order valence-corrected chi connectivity index (χ4v) is 5.03. The highest BCUT2D eigenvalue weighted by molar-refractivity contribution is 6.07. The molecule has 6 heteroatoms. The monoisotopic (exact) mass is 524 g/mol. The zero-order chi connectivity index (χ0) is 29.2. The second-order valence-electron chi connectivity index (χ2n) is 11.6. The minimum atomic E-state index is -0.335. The minimum absolute atomic E-state index is 0.0567. The van der Waals surface area contributed by atoms with Gasteiger partial charge in [0.1, 0.15) is 11.6 Å². The van der Waals surface area contributed by atoms with Crippen LogP contribution >= 0.6 is 0 Å². The quantitative estimate of drug-likeness (QED) is 0.394. The zero-order valence-corrected chi connectivity index (χ0v) is 25.5. The maximum Gasteiger partial charge on any atom is 0.182 e. The third kappa shape index (κ3) is 5.55. The van der Waals surface area contributed by atoms with Crippen LogP contribution in [0.4, 0.5) is 0 Å². The summed E-state index contributed by atoms with van der Waals surface area (Å²) >= 11 is 0. The van der Waals surface area contributed by atoms with Crippen molar-refractivity contribution in [3.8, 4) is 17.2 Å². The number of hydrogen-bond donors (Lipinski definition) is 2. The third-order valence-electron chi connectivity index (χ3n) is 7.14. The molecule has 2 aromatic carbocycles. The first kappa shape index (κ1) is 31.2. The standard InChI is InChI=1S/C28H36N2O4.2C2H6/c1-26(2,3)19-11-16(12-20(24(19)32)27(4,5)6)21(31)15-30-25(29)17-13-22(33-7)23(34-8)14-18(17)28(30)9-10-28;2*1-2/h11-14,29,32H,9-10,15H2,1-8H3;2*1-2H3. The van der Waals surface area contributed by atoms with Crippen LogP contribution in [0.2, 0.25) is 0 Å². The SMILES string of the molecule is CC.CC.COc1cc2c(cc1OC)C1(CC1)N(CC(=O)c1cc(C(C)(C)C)c(O)c(C(C)(C)C)c1)C2=N. The maximum absolute atomic E-state index is 13.7. The highest BCUT2D eigenvalue weighted by Crippen LogP contribution is 2.58. The number of amidine groups is 1. The molecule has 1 aliphatic carbocycles. The van der Waals surface area contributed by atoms with Crippen molar-refractivity contribution in [2.75, 3.05) is 20.8 Å². The van der Waals surface area contributed by atoms with Gasteiger partial charge in [0, 0.05) is 22.3 Å². The number of rotatable bonds is 5. The first-order chi connectivity index (χ1) is 17.7. The maximum atomic E-state index is 13.7. The van der Waals surface area contributed by atoms with Gasteiger partial charge in [-0.15, -0.1) is 0 Å². The highest BCUT2D eigenvalue weighted by atomic mass is 16.5. The van der Waals surface area contributed by atoms with Gasteiger partial charge in [0.25, 0.3) is 0 Å². The Balaban J connectivity index is 0.00000121. The first-order valence-electron chi connectivity index (χ1n) is 13.8. The van der Waals surface area contributed by atoms with Crippen LogP contribution in [0.15, 0.2) is 24.3 Å². The summed E-state index contributed by atoms with van der Waals surface area (Å²) in [7, 11) is 3.19. The third-order valence-corrected chi connectivity index (χ3v) is 7.14. The van der Waals surface area contributed by atoms with Gasteiger partial charge in [-0.2, -0.15) is 0 Å². The van der Waals surface area contributed by atoms with E-state index >= 15 is 0 Å². The molecular weight excluding hydrogens is 476 g/mol. The minimum Gasteiger partial charge on any atom is -0.507 e. The lowest BCUT2D eigenvalue weighted by Crippen LogP contribution is -2.38. The van der Waals surface area contributed by atoms with E-state index in [1.54, 1.807) is 14.2 Å². The van der Waals surface area contributed by atoms with Crippen molar-refractivity contribution in [2.24, 2.45) is 0 Å². The van der Waals surface area contributed by atoms with Gasteiger partial charge in [0.15, 0.2) is 17.3 Å². The highest BCUT2D eigenvalue weighted by Gasteiger charge is 2.57. The van der Waals surface area contributed by atoms with Gasteiger partial charge in [-0.05, 0) is 53.5 Å². The Bertz CT molecular complexity index is 1150. The van der Waals surface area contributed by atoms with Gasteiger partial charge in [-0.25, -0.2) is 0 Å². The average Bonchev–Trinajstić information content (AvgIpc) is 3.65. The zero-order valence-electron chi connectivity index (χ0n) is 25.5. The average molecular weight is 525 g/mol. The number of phenols is 1. The van der Waals surface area contributed by atoms with Crippen LogP contribution in [0.25, 0.3) is 0 Å². The van der Waals surface area contributed by atoms with Gasteiger partial charge in [-0.1, -0.05) is 69.2 Å². The van der Waals surface area contributed by atoms with Crippen molar-refractivity contribution >= 4 is 11.6 Å². The molecule has 0 bridgehead atoms. The molecular formula is C32H48N2O4. The molecule has 210 valence electrons. The molecule has 0 amide bonds. The Morgan fingerprint density at radius 3 is 1.74 bits per heavy atom. The summed E-state index contributed by atoms with van der Waals surface area (Å²) in [6, 6.07) is 7.45. The lowest BCUT2D eigenvalue weighted by Gasteiger charge is -2.29. The molecule has 1 fully saturated rings. The topological polar surface area (TPSA) is 82.8 Å². The summed E-state index contributed by atoms with van der Waals surface area (Å²) in [6.07, 6.45) is 1.78. The van der Waals surface area contributed by atoms with Gasteiger partial charge in [0.2, 0.25) is 0 Å². The summed E-state index contributed by atoms with van der Waals surface area (Å²) in [5.74, 6) is 1.76. The number of carbonyl (C=O) groups excluding carboxylic acids is 1. The van der Waals surface area contributed by atoms with Crippen molar-refractivity contribution in [1.29, 1.82) is 5.41 Å². The molecule has 2 aliphatic rings. The number of aromatic hydroxyl groups is 1. The number of nitrogens with one attached hydrogen (secondary N) is 1. The second kappa shape index (κ2) is 11.4. The van der Waals surface area contributed by atoms with E-state index in [0.717, 1.165) is 35.1 Å². The predicted octanol–water partition coefficient (Wildman–Crippen LogP) is 7.57. The van der Waals surface area contributed by atoms with Crippen LogP contribution in [0.1, 0.15) is 115 Å². The summed E-state index contributed by atoms with van der Waals surface area (Å²) in [4.78, 5) is 15.6. The molecule has 0 atom stereocenters. The van der Waals surface area contributed by atoms with E-state index in [4.69, 9.17) is 14.9 Å². The van der Waals surface area contributed by atoms with E-state index in [1.807, 2.05) is 98.4 Å². The van der Waals surface area contributed by atoms with Gasteiger partial charge >= 0.3 is 0 Å². The lowest BCUT2D eigenvalue weighted by molar-refractivity contribution is 0.0943. The van der Waals surface area contributed by atoms with Crippen molar-refractivity contribution in [2.45, 2.75) is 98.4 Å². The summed E-state index contributed by atoms with van der Waals surface area (Å²) < 4.78 is 11.0. The van der Waals surface area contributed by atoms with Crippen molar-refractivity contribution in [3.63, 3.8) is 0 Å². The van der Waals surface area contributed by atoms with Crippen molar-refractivity contribution in [3.05, 3.63) is 52.1 Å². The molecule has 6 nitrogen and oxygen atoms in total. The van der Waals surface area contributed by atoms with E-state index in [9.17, 15) is 9.90 Å². The van der Waals surface area contributed by atoms with Crippen molar-refractivity contribution in [1.82, 2.24) is 4.90 Å². The van der Waals surface area contributed by atoms with E-state index in [-0.39, 0.29) is 34.4 Å². The Hall–Kier alpha value is -3.02. The molecule has 0 radical (unpaired) electrons. The van der Waals surface area contributed by atoms with Gasteiger partial charge in [-0.3, -0.25) is 10.2 Å². The predicted molar refractivity (Wildman–Crippen MR) is 157 cm³/mol. The Kier molecular flexibility index (Phi) is 9.35. The number of ketones is 1. The first-order valence-corrected chi connectivity index (χ1v) is 13.8. The van der Waals surface area contributed by atoms with Crippen LogP contribution < -0.4 is 9.47 Å². The van der Waals surface area contributed by atoms with Crippen LogP contribution in [0.3, 0.4) is 0 Å². The molecule has 1 saturated carbocycles. The number of methoxy groups -OCH3 is 2. The Morgan fingerprint density at radius 2 is 1.34 bits per heavy atom. The number of hydrogen-bond acceptors (Lipinski definition) is 5. The van der Waals surface area contributed by atoms with Crippen LogP contribution in [-0.2, 0) is 16.4 Å². The normalized spacial score (nSPS) is 15.2. The number of ether oxygens (including phenoxy) is 2. The summed E-state index contributed by atoms with van der Waals surface area (Å²) in [5.41, 5.74) is 2.94. The fraction of sp³-hybridized carbons (Fsp3) is 0.562. The lowest BCUT2D eigenvalue weighted by atomic mass is 9.78. The Morgan fingerprint density at radius 1 is 0.895 bits per heavy atom. The summed E-state index contributed by atoms with van der Waals surface area (Å²) in [6.45, 7) is 20.3. The molecule has 4 rings (SSSR count). The number of nitrogens with zero attached hydrogens (tertiary/aromatic N) is 1. The van der Waals surface area contributed by atoms with E-state index in [1.165, 1.54) is 0 Å². The van der Waals surface area contributed by atoms with E-state index in [0.29, 0.717) is 22.9 Å². The van der Waals surface area contributed by atoms with Crippen molar-refractivity contribution < 1.29 is 19.4 Å². The number of carbonyl (C=O) groups is 1. The largest absolute Gasteiger partial charge is 0.507 e. The van der Waals surface area contributed by atoms with Crippen LogP contribution in [0, 0.1) is 5.41 Å². The molecule has 2 N–H and O–H groups in total. The molecule has 1 heterocycles. The number of phenolic OH excluding ortho intramolecular Hbond substituents is 1. The smallest absolute Gasteiger partial charge is 0.182 e. The van der Waals surface area contributed by atoms with Crippen LogP contribution in [-0.4, -0.2) is 42.4 Å². The number of fused-ring (bicyclic) bond motifs is 2.